The molecule has 1 aliphatic heterocycles. The number of rotatable bonds is 2. The number of nitrogens with zero attached hydrogens (tertiary/aromatic N) is 1. The first-order valence-corrected chi connectivity index (χ1v) is 4.60. The van der Waals surface area contributed by atoms with E-state index in [1.807, 2.05) is 12.1 Å². The third-order valence-corrected chi connectivity index (χ3v) is 2.25. The lowest BCUT2D eigenvalue weighted by Crippen LogP contribution is -2.15. The molecule has 0 spiro atoms. The molecular formula is C11H11NO3. The van der Waals surface area contributed by atoms with Gasteiger partial charge in [-0.15, -0.1) is 0 Å². The fraction of sp³-hybridized carbons (Fsp3) is 0.273. The second-order valence-corrected chi connectivity index (χ2v) is 3.20. The van der Waals surface area contributed by atoms with Crippen molar-refractivity contribution < 1.29 is 14.3 Å². The molecule has 4 nitrogen and oxygen atoms in total. The van der Waals surface area contributed by atoms with Crippen LogP contribution >= 0.6 is 0 Å². The van der Waals surface area contributed by atoms with Gasteiger partial charge in [-0.3, -0.25) is 4.79 Å². The summed E-state index contributed by atoms with van der Waals surface area (Å²) in [5.74, 6) is 1.12. The zero-order valence-corrected chi connectivity index (χ0v) is 8.56. The highest BCUT2D eigenvalue weighted by Gasteiger charge is 2.25. The summed E-state index contributed by atoms with van der Waals surface area (Å²) in [5, 5.41) is 0. The standard InChI is InChI=1S/C11H11NO3/c1-7-12-8-4-3-5-9(14-2)11(8)10(6-13)15-7/h3-6,10H,1-2H3. The van der Waals surface area contributed by atoms with Gasteiger partial charge in [-0.1, -0.05) is 6.07 Å². The first-order chi connectivity index (χ1) is 7.26. The van der Waals surface area contributed by atoms with Gasteiger partial charge in [0.2, 0.25) is 0 Å². The topological polar surface area (TPSA) is 47.9 Å². The molecular weight excluding hydrogens is 194 g/mol. The van der Waals surface area contributed by atoms with Crippen LogP contribution in [0.5, 0.6) is 5.75 Å². The highest BCUT2D eigenvalue weighted by molar-refractivity contribution is 5.84. The van der Waals surface area contributed by atoms with E-state index in [2.05, 4.69) is 4.99 Å². The van der Waals surface area contributed by atoms with Gasteiger partial charge in [-0.25, -0.2) is 4.99 Å². The van der Waals surface area contributed by atoms with Crippen molar-refractivity contribution >= 4 is 17.9 Å². The Bertz CT molecular complexity index is 426. The van der Waals surface area contributed by atoms with Crippen LogP contribution in [0.15, 0.2) is 23.2 Å². The molecule has 4 heteroatoms. The average molecular weight is 205 g/mol. The molecule has 0 radical (unpaired) electrons. The van der Waals surface area contributed by atoms with Crippen molar-refractivity contribution in [2.24, 2.45) is 4.99 Å². The summed E-state index contributed by atoms with van der Waals surface area (Å²) in [6.45, 7) is 1.72. The lowest BCUT2D eigenvalue weighted by Gasteiger charge is -2.22. The molecule has 0 fully saturated rings. The van der Waals surface area contributed by atoms with Gasteiger partial charge in [0.1, 0.15) is 5.75 Å². The monoisotopic (exact) mass is 205 g/mol. The molecule has 0 aromatic heterocycles. The van der Waals surface area contributed by atoms with Gasteiger partial charge in [0, 0.05) is 6.92 Å². The van der Waals surface area contributed by atoms with E-state index in [0.29, 0.717) is 17.2 Å². The molecule has 1 unspecified atom stereocenters. The van der Waals surface area contributed by atoms with Crippen LogP contribution in [-0.2, 0) is 9.53 Å². The third-order valence-electron chi connectivity index (χ3n) is 2.25. The Balaban J connectivity index is 2.61. The summed E-state index contributed by atoms with van der Waals surface area (Å²) in [4.78, 5) is 15.1. The number of benzene rings is 1. The highest BCUT2D eigenvalue weighted by atomic mass is 16.5. The summed E-state index contributed by atoms with van der Waals surface area (Å²) in [6.07, 6.45) is 0.133. The van der Waals surface area contributed by atoms with E-state index in [4.69, 9.17) is 9.47 Å². The molecule has 78 valence electrons. The van der Waals surface area contributed by atoms with Gasteiger partial charge in [0.25, 0.3) is 0 Å². The molecule has 0 saturated heterocycles. The van der Waals surface area contributed by atoms with Gasteiger partial charge in [0.05, 0.1) is 18.4 Å². The number of fused-ring (bicyclic) bond motifs is 1. The van der Waals surface area contributed by atoms with Crippen molar-refractivity contribution in [3.8, 4) is 5.75 Å². The highest BCUT2D eigenvalue weighted by Crippen LogP contribution is 2.38. The number of ether oxygens (including phenoxy) is 2. The summed E-state index contributed by atoms with van der Waals surface area (Å²) < 4.78 is 10.5. The molecule has 0 aliphatic carbocycles. The zero-order chi connectivity index (χ0) is 10.8. The predicted molar refractivity (Wildman–Crippen MR) is 55.7 cm³/mol. The van der Waals surface area contributed by atoms with Crippen LogP contribution in [0.4, 0.5) is 5.69 Å². The molecule has 0 bridgehead atoms. The molecule has 0 saturated carbocycles. The molecule has 15 heavy (non-hydrogen) atoms. The maximum Gasteiger partial charge on any atom is 0.186 e. The summed E-state index contributed by atoms with van der Waals surface area (Å²) in [6, 6.07) is 5.46. The Morgan fingerprint density at radius 1 is 1.53 bits per heavy atom. The zero-order valence-electron chi connectivity index (χ0n) is 8.56. The molecule has 2 rings (SSSR count). The molecule has 0 N–H and O–H groups in total. The summed E-state index contributed by atoms with van der Waals surface area (Å²) in [5.41, 5.74) is 1.43. The van der Waals surface area contributed by atoms with Crippen molar-refractivity contribution in [2.45, 2.75) is 13.0 Å². The van der Waals surface area contributed by atoms with Crippen molar-refractivity contribution in [2.75, 3.05) is 7.11 Å². The number of aliphatic imine (C=N–C) groups is 1. The van der Waals surface area contributed by atoms with E-state index in [0.717, 1.165) is 12.0 Å². The minimum atomic E-state index is -0.617. The van der Waals surface area contributed by atoms with E-state index in [-0.39, 0.29) is 0 Å². The van der Waals surface area contributed by atoms with Gasteiger partial charge >= 0.3 is 0 Å². The Labute approximate surface area is 87.5 Å². The molecule has 1 aromatic carbocycles. The van der Waals surface area contributed by atoms with Gasteiger partial charge in [-0.05, 0) is 12.1 Å². The molecule has 1 atom stereocenters. The Kier molecular flexibility index (Phi) is 2.41. The normalized spacial score (nSPS) is 18.5. The molecule has 1 aromatic rings. The second-order valence-electron chi connectivity index (χ2n) is 3.20. The maximum absolute atomic E-state index is 10.9. The van der Waals surface area contributed by atoms with E-state index in [1.165, 1.54) is 0 Å². The van der Waals surface area contributed by atoms with Crippen LogP contribution in [0, 0.1) is 0 Å². The molecule has 1 heterocycles. The fourth-order valence-electron chi connectivity index (χ4n) is 1.63. The number of carbonyl (C=O) groups is 1. The van der Waals surface area contributed by atoms with Gasteiger partial charge in [0.15, 0.2) is 18.3 Å². The third kappa shape index (κ3) is 1.58. The van der Waals surface area contributed by atoms with E-state index < -0.39 is 6.10 Å². The number of hydrogen-bond acceptors (Lipinski definition) is 4. The second kappa shape index (κ2) is 3.73. The number of aldehydes is 1. The first-order valence-electron chi connectivity index (χ1n) is 4.60. The first kappa shape index (κ1) is 9.71. The van der Waals surface area contributed by atoms with Crippen LogP contribution in [0.3, 0.4) is 0 Å². The average Bonchev–Trinajstić information content (AvgIpc) is 2.26. The minimum absolute atomic E-state index is 0.493. The Morgan fingerprint density at radius 2 is 2.33 bits per heavy atom. The molecule has 0 amide bonds. The Hall–Kier alpha value is -1.84. The number of carbonyl (C=O) groups excluding carboxylic acids is 1. The number of hydrogen-bond donors (Lipinski definition) is 0. The van der Waals surface area contributed by atoms with Gasteiger partial charge < -0.3 is 9.47 Å². The summed E-state index contributed by atoms with van der Waals surface area (Å²) in [7, 11) is 1.56. The van der Waals surface area contributed by atoms with E-state index in [9.17, 15) is 4.79 Å². The largest absolute Gasteiger partial charge is 0.496 e. The van der Waals surface area contributed by atoms with Crippen LogP contribution in [0.1, 0.15) is 18.6 Å². The minimum Gasteiger partial charge on any atom is -0.496 e. The van der Waals surface area contributed by atoms with Crippen molar-refractivity contribution in [3.05, 3.63) is 23.8 Å². The fourth-order valence-corrected chi connectivity index (χ4v) is 1.63. The lowest BCUT2D eigenvalue weighted by molar-refractivity contribution is -0.114. The van der Waals surface area contributed by atoms with Crippen molar-refractivity contribution in [3.63, 3.8) is 0 Å². The van der Waals surface area contributed by atoms with Gasteiger partial charge in [-0.2, -0.15) is 0 Å². The van der Waals surface area contributed by atoms with Crippen LogP contribution in [-0.4, -0.2) is 19.3 Å². The SMILES string of the molecule is COc1cccc2c1C(C=O)OC(C)=N2. The number of methoxy groups -OCH3 is 1. The maximum atomic E-state index is 10.9. The van der Waals surface area contributed by atoms with Crippen molar-refractivity contribution in [1.82, 2.24) is 0 Å². The van der Waals surface area contributed by atoms with Crippen molar-refractivity contribution in [1.29, 1.82) is 0 Å². The van der Waals surface area contributed by atoms with Crippen LogP contribution < -0.4 is 4.74 Å². The van der Waals surface area contributed by atoms with Crippen LogP contribution in [0.2, 0.25) is 0 Å². The Morgan fingerprint density at radius 3 is 3.00 bits per heavy atom. The quantitative estimate of drug-likeness (QED) is 0.694. The van der Waals surface area contributed by atoms with Crippen LogP contribution in [0.25, 0.3) is 0 Å². The van der Waals surface area contributed by atoms with E-state index >= 15 is 0 Å². The predicted octanol–water partition coefficient (Wildman–Crippen LogP) is 2.02. The lowest BCUT2D eigenvalue weighted by atomic mass is 10.1. The van der Waals surface area contributed by atoms with E-state index in [1.54, 1.807) is 20.1 Å². The summed E-state index contributed by atoms with van der Waals surface area (Å²) >= 11 is 0. The smallest absolute Gasteiger partial charge is 0.186 e. The molecule has 1 aliphatic rings.